The Bertz CT molecular complexity index is 616. The summed E-state index contributed by atoms with van der Waals surface area (Å²) in [5.74, 6) is -0.0452. The molecule has 4 nitrogen and oxygen atoms in total. The Morgan fingerprint density at radius 3 is 2.76 bits per heavy atom. The lowest BCUT2D eigenvalue weighted by molar-refractivity contribution is -0.114. The zero-order valence-corrected chi connectivity index (χ0v) is 12.9. The van der Waals surface area contributed by atoms with Crippen LogP contribution in [0.3, 0.4) is 0 Å². The Labute approximate surface area is 126 Å². The second-order valence-corrected chi connectivity index (χ2v) is 5.26. The van der Waals surface area contributed by atoms with Crippen molar-refractivity contribution in [2.45, 2.75) is 40.3 Å². The summed E-state index contributed by atoms with van der Waals surface area (Å²) in [4.78, 5) is 11.1. The van der Waals surface area contributed by atoms with Crippen LogP contribution in [0.5, 0.6) is 0 Å². The summed E-state index contributed by atoms with van der Waals surface area (Å²) < 4.78 is 2.27. The van der Waals surface area contributed by atoms with Gasteiger partial charge in [0.05, 0.1) is 6.54 Å². The Hall–Kier alpha value is -2.23. The van der Waals surface area contributed by atoms with Crippen LogP contribution >= 0.6 is 0 Å². The van der Waals surface area contributed by atoms with Crippen LogP contribution in [0.25, 0.3) is 0 Å². The predicted octanol–water partition coefficient (Wildman–Crippen LogP) is 3.78. The van der Waals surface area contributed by atoms with Crippen LogP contribution in [0.1, 0.15) is 31.5 Å². The van der Waals surface area contributed by atoms with Crippen LogP contribution in [0.2, 0.25) is 0 Å². The molecule has 0 aliphatic rings. The van der Waals surface area contributed by atoms with Crippen LogP contribution in [-0.4, -0.2) is 10.5 Å². The fourth-order valence-electron chi connectivity index (χ4n) is 2.37. The topological polar surface area (TPSA) is 46.1 Å². The standard InChI is InChI=1S/C17H23N3O/c1-4-9-20-10-5-6-16(20)12-18-15-7-8-17(13(2)11-15)19-14(3)21/h5-8,10-11,18H,4,9,12H2,1-3H3,(H,19,21). The lowest BCUT2D eigenvalue weighted by Crippen LogP contribution is -2.09. The molecule has 1 aromatic carbocycles. The summed E-state index contributed by atoms with van der Waals surface area (Å²) in [5.41, 5.74) is 4.26. The molecule has 21 heavy (non-hydrogen) atoms. The molecule has 1 aromatic heterocycles. The van der Waals surface area contributed by atoms with Gasteiger partial charge >= 0.3 is 0 Å². The molecule has 0 spiro atoms. The maximum atomic E-state index is 11.1. The van der Waals surface area contributed by atoms with Gasteiger partial charge in [0.1, 0.15) is 0 Å². The number of aromatic nitrogens is 1. The van der Waals surface area contributed by atoms with Gasteiger partial charge in [-0.2, -0.15) is 0 Å². The number of nitrogens with one attached hydrogen (secondary N) is 2. The van der Waals surface area contributed by atoms with Crippen LogP contribution in [0.4, 0.5) is 11.4 Å². The average molecular weight is 285 g/mol. The zero-order chi connectivity index (χ0) is 15.2. The minimum absolute atomic E-state index is 0.0452. The summed E-state index contributed by atoms with van der Waals surface area (Å²) in [7, 11) is 0. The highest BCUT2D eigenvalue weighted by Gasteiger charge is 2.03. The SMILES string of the molecule is CCCn1cccc1CNc1ccc(NC(C)=O)c(C)c1. The third-order valence-electron chi connectivity index (χ3n) is 3.40. The molecule has 0 saturated carbocycles. The number of amides is 1. The van der Waals surface area contributed by atoms with Gasteiger partial charge in [-0.25, -0.2) is 0 Å². The third kappa shape index (κ3) is 4.12. The van der Waals surface area contributed by atoms with Crippen LogP contribution in [-0.2, 0) is 17.9 Å². The molecule has 0 fully saturated rings. The van der Waals surface area contributed by atoms with Crippen molar-refractivity contribution in [2.24, 2.45) is 0 Å². The van der Waals surface area contributed by atoms with E-state index >= 15 is 0 Å². The first-order valence-electron chi connectivity index (χ1n) is 7.36. The fraction of sp³-hybridized carbons (Fsp3) is 0.353. The molecule has 0 saturated heterocycles. The number of hydrogen-bond acceptors (Lipinski definition) is 2. The normalized spacial score (nSPS) is 10.4. The first kappa shape index (κ1) is 15.2. The van der Waals surface area contributed by atoms with E-state index < -0.39 is 0 Å². The highest BCUT2D eigenvalue weighted by Crippen LogP contribution is 2.20. The highest BCUT2D eigenvalue weighted by molar-refractivity contribution is 5.89. The van der Waals surface area contributed by atoms with E-state index in [1.807, 2.05) is 19.1 Å². The maximum Gasteiger partial charge on any atom is 0.221 e. The van der Waals surface area contributed by atoms with Gasteiger partial charge in [0.2, 0.25) is 5.91 Å². The van der Waals surface area contributed by atoms with Crippen molar-refractivity contribution >= 4 is 17.3 Å². The minimum atomic E-state index is -0.0452. The highest BCUT2D eigenvalue weighted by atomic mass is 16.1. The van der Waals surface area contributed by atoms with E-state index in [9.17, 15) is 4.79 Å². The van der Waals surface area contributed by atoms with Gasteiger partial charge in [-0.05, 0) is 49.2 Å². The van der Waals surface area contributed by atoms with E-state index in [-0.39, 0.29) is 5.91 Å². The summed E-state index contributed by atoms with van der Waals surface area (Å²) in [5, 5.41) is 6.26. The van der Waals surface area contributed by atoms with E-state index in [1.54, 1.807) is 0 Å². The maximum absolute atomic E-state index is 11.1. The summed E-state index contributed by atoms with van der Waals surface area (Å²) >= 11 is 0. The molecule has 0 aliphatic carbocycles. The first-order valence-corrected chi connectivity index (χ1v) is 7.36. The van der Waals surface area contributed by atoms with Crippen LogP contribution in [0, 0.1) is 6.92 Å². The molecule has 2 rings (SSSR count). The summed E-state index contributed by atoms with van der Waals surface area (Å²) in [6.07, 6.45) is 3.25. The van der Waals surface area contributed by atoms with Gasteiger partial charge in [-0.1, -0.05) is 6.92 Å². The fourth-order valence-corrected chi connectivity index (χ4v) is 2.37. The van der Waals surface area contributed by atoms with Crippen molar-refractivity contribution in [1.29, 1.82) is 0 Å². The van der Waals surface area contributed by atoms with Gasteiger partial charge in [0, 0.05) is 36.7 Å². The van der Waals surface area contributed by atoms with E-state index in [1.165, 1.54) is 12.6 Å². The number of anilines is 2. The Morgan fingerprint density at radius 1 is 1.29 bits per heavy atom. The van der Waals surface area contributed by atoms with Gasteiger partial charge in [-0.3, -0.25) is 4.79 Å². The summed E-state index contributed by atoms with van der Waals surface area (Å²) in [6, 6.07) is 10.2. The van der Waals surface area contributed by atoms with Crippen molar-refractivity contribution in [1.82, 2.24) is 4.57 Å². The van der Waals surface area contributed by atoms with Crippen molar-refractivity contribution < 1.29 is 4.79 Å². The van der Waals surface area contributed by atoms with Crippen molar-refractivity contribution in [3.8, 4) is 0 Å². The number of carbonyl (C=O) groups is 1. The predicted molar refractivity (Wildman–Crippen MR) is 87.5 cm³/mol. The van der Waals surface area contributed by atoms with Crippen molar-refractivity contribution in [2.75, 3.05) is 10.6 Å². The van der Waals surface area contributed by atoms with Crippen LogP contribution < -0.4 is 10.6 Å². The molecule has 2 aromatic rings. The second kappa shape index (κ2) is 6.97. The molecular formula is C17H23N3O. The Morgan fingerprint density at radius 2 is 2.10 bits per heavy atom. The number of carbonyl (C=O) groups excluding carboxylic acids is 1. The van der Waals surface area contributed by atoms with E-state index in [2.05, 4.69) is 46.5 Å². The Balaban J connectivity index is 2.01. The monoisotopic (exact) mass is 285 g/mol. The van der Waals surface area contributed by atoms with Crippen LogP contribution in [0.15, 0.2) is 36.5 Å². The molecule has 0 aliphatic heterocycles. The summed E-state index contributed by atoms with van der Waals surface area (Å²) in [6.45, 7) is 7.54. The first-order chi connectivity index (χ1) is 10.1. The number of benzene rings is 1. The molecule has 1 amide bonds. The lowest BCUT2D eigenvalue weighted by Gasteiger charge is -2.12. The van der Waals surface area contributed by atoms with E-state index in [0.29, 0.717) is 0 Å². The van der Waals surface area contributed by atoms with Gasteiger partial charge in [-0.15, -0.1) is 0 Å². The Kier molecular flexibility index (Phi) is 5.04. The number of hydrogen-bond donors (Lipinski definition) is 2. The average Bonchev–Trinajstić information content (AvgIpc) is 2.87. The molecule has 2 N–H and O–H groups in total. The minimum Gasteiger partial charge on any atom is -0.379 e. The molecule has 0 unspecified atom stereocenters. The molecule has 1 heterocycles. The zero-order valence-electron chi connectivity index (χ0n) is 12.9. The number of nitrogens with zero attached hydrogens (tertiary/aromatic N) is 1. The smallest absolute Gasteiger partial charge is 0.221 e. The molecule has 0 bridgehead atoms. The molecule has 4 heteroatoms. The molecule has 0 radical (unpaired) electrons. The molecular weight excluding hydrogens is 262 g/mol. The van der Waals surface area contributed by atoms with Crippen molar-refractivity contribution in [3.63, 3.8) is 0 Å². The van der Waals surface area contributed by atoms with E-state index in [4.69, 9.17) is 0 Å². The third-order valence-corrected chi connectivity index (χ3v) is 3.40. The molecule has 112 valence electrons. The molecule has 0 atom stereocenters. The van der Waals surface area contributed by atoms with Gasteiger partial charge < -0.3 is 15.2 Å². The number of aryl methyl sites for hydroxylation is 2. The van der Waals surface area contributed by atoms with Gasteiger partial charge in [0.25, 0.3) is 0 Å². The van der Waals surface area contributed by atoms with E-state index in [0.717, 1.165) is 36.4 Å². The quantitative estimate of drug-likeness (QED) is 0.848. The van der Waals surface area contributed by atoms with Crippen molar-refractivity contribution in [3.05, 3.63) is 47.8 Å². The van der Waals surface area contributed by atoms with Gasteiger partial charge in [0.15, 0.2) is 0 Å². The second-order valence-electron chi connectivity index (χ2n) is 5.26. The number of rotatable bonds is 6. The lowest BCUT2D eigenvalue weighted by atomic mass is 10.1. The largest absolute Gasteiger partial charge is 0.379 e.